The Balaban J connectivity index is 1.56. The van der Waals surface area contributed by atoms with Crippen LogP contribution < -0.4 is 10.6 Å². The van der Waals surface area contributed by atoms with Crippen LogP contribution >= 0.6 is 15.9 Å². The molecular weight excluding hydrogens is 320 g/mol. The van der Waals surface area contributed by atoms with Gasteiger partial charge in [0.25, 0.3) is 5.91 Å². The molecule has 1 heterocycles. The monoisotopic (exact) mass is 334 g/mol. The average molecular weight is 335 g/mol. The highest BCUT2D eigenvalue weighted by atomic mass is 79.9. The zero-order chi connectivity index (χ0) is 13.9. The van der Waals surface area contributed by atoms with Crippen LogP contribution in [0.15, 0.2) is 45.5 Å². The molecule has 1 aromatic carbocycles. The van der Waals surface area contributed by atoms with Crippen molar-refractivity contribution in [2.75, 3.05) is 5.32 Å². The number of hydrogen-bond acceptors (Lipinski definition) is 3. The molecule has 20 heavy (non-hydrogen) atoms. The van der Waals surface area contributed by atoms with Crippen LogP contribution in [0, 0.1) is 0 Å². The topological polar surface area (TPSA) is 54.3 Å². The van der Waals surface area contributed by atoms with Gasteiger partial charge >= 0.3 is 0 Å². The Kier molecular flexibility index (Phi) is 3.78. The number of carbonyl (C=O) groups is 1. The summed E-state index contributed by atoms with van der Waals surface area (Å²) in [5.41, 5.74) is 1.66. The number of halogens is 1. The largest absolute Gasteiger partial charge is 0.452 e. The molecule has 0 spiro atoms. The number of benzene rings is 1. The van der Waals surface area contributed by atoms with Crippen LogP contribution in [0.3, 0.4) is 0 Å². The number of nitrogens with one attached hydrogen (secondary N) is 2. The molecule has 1 aliphatic carbocycles. The molecule has 1 fully saturated rings. The van der Waals surface area contributed by atoms with E-state index in [-0.39, 0.29) is 5.91 Å². The SMILES string of the molecule is O=C(NC1CC1)c1ccc(NCc2ccc(Br)o2)cc1. The third kappa shape index (κ3) is 3.42. The van der Waals surface area contributed by atoms with Crippen LogP contribution in [0.2, 0.25) is 0 Å². The Morgan fingerprint density at radius 1 is 1.20 bits per heavy atom. The lowest BCUT2D eigenvalue weighted by Gasteiger charge is -2.06. The molecule has 2 aromatic rings. The molecule has 5 heteroatoms. The fourth-order valence-electron chi connectivity index (χ4n) is 1.87. The van der Waals surface area contributed by atoms with Crippen molar-refractivity contribution in [1.29, 1.82) is 0 Å². The molecule has 2 N–H and O–H groups in total. The van der Waals surface area contributed by atoms with Gasteiger partial charge < -0.3 is 15.1 Å². The Morgan fingerprint density at radius 2 is 1.95 bits per heavy atom. The predicted molar refractivity (Wildman–Crippen MR) is 80.7 cm³/mol. The smallest absolute Gasteiger partial charge is 0.251 e. The standard InChI is InChI=1S/C15H15BrN2O2/c16-14-8-7-13(20-14)9-17-11-3-1-10(2-4-11)15(19)18-12-5-6-12/h1-4,7-8,12,17H,5-6,9H2,(H,18,19). The molecule has 0 saturated heterocycles. The third-order valence-corrected chi connectivity index (χ3v) is 3.58. The first kappa shape index (κ1) is 13.2. The van der Waals surface area contributed by atoms with Gasteiger partial charge in [-0.1, -0.05) is 0 Å². The second-order valence-corrected chi connectivity index (χ2v) is 5.67. The molecule has 1 amide bonds. The first-order valence-corrected chi connectivity index (χ1v) is 7.39. The van der Waals surface area contributed by atoms with Crippen molar-refractivity contribution in [3.05, 3.63) is 52.4 Å². The number of rotatable bonds is 5. The Labute approximate surface area is 125 Å². The van der Waals surface area contributed by atoms with Gasteiger partial charge in [-0.3, -0.25) is 4.79 Å². The quantitative estimate of drug-likeness (QED) is 0.879. The summed E-state index contributed by atoms with van der Waals surface area (Å²) in [7, 11) is 0. The zero-order valence-electron chi connectivity index (χ0n) is 10.9. The van der Waals surface area contributed by atoms with E-state index in [4.69, 9.17) is 4.42 Å². The molecule has 1 aliphatic rings. The van der Waals surface area contributed by atoms with Gasteiger partial charge in [0.05, 0.1) is 6.54 Å². The van der Waals surface area contributed by atoms with Crippen molar-refractivity contribution in [3.8, 4) is 0 Å². The maximum Gasteiger partial charge on any atom is 0.251 e. The first-order valence-electron chi connectivity index (χ1n) is 6.60. The van der Waals surface area contributed by atoms with E-state index in [1.54, 1.807) is 0 Å². The summed E-state index contributed by atoms with van der Waals surface area (Å²) in [6.07, 6.45) is 2.20. The molecule has 4 nitrogen and oxygen atoms in total. The van der Waals surface area contributed by atoms with E-state index in [0.29, 0.717) is 18.2 Å². The highest BCUT2D eigenvalue weighted by Crippen LogP contribution is 2.20. The van der Waals surface area contributed by atoms with E-state index in [2.05, 4.69) is 26.6 Å². The van der Waals surface area contributed by atoms with Gasteiger partial charge in [-0.2, -0.15) is 0 Å². The Morgan fingerprint density at radius 3 is 2.55 bits per heavy atom. The number of hydrogen-bond donors (Lipinski definition) is 2. The fraction of sp³-hybridized carbons (Fsp3) is 0.267. The van der Waals surface area contributed by atoms with Crippen LogP contribution in [0.25, 0.3) is 0 Å². The first-order chi connectivity index (χ1) is 9.70. The van der Waals surface area contributed by atoms with Crippen LogP contribution in [0.4, 0.5) is 5.69 Å². The zero-order valence-corrected chi connectivity index (χ0v) is 12.4. The van der Waals surface area contributed by atoms with E-state index < -0.39 is 0 Å². The molecule has 0 aliphatic heterocycles. The molecule has 0 atom stereocenters. The molecule has 1 saturated carbocycles. The second-order valence-electron chi connectivity index (χ2n) is 4.88. The lowest BCUT2D eigenvalue weighted by Crippen LogP contribution is -2.25. The number of amides is 1. The van der Waals surface area contributed by atoms with Crippen molar-refractivity contribution in [1.82, 2.24) is 5.32 Å². The summed E-state index contributed by atoms with van der Waals surface area (Å²) in [5.74, 6) is 0.862. The van der Waals surface area contributed by atoms with Crippen molar-refractivity contribution >= 4 is 27.5 Å². The molecule has 1 aromatic heterocycles. The van der Waals surface area contributed by atoms with E-state index >= 15 is 0 Å². The molecule has 0 bridgehead atoms. The average Bonchev–Trinajstić information content (AvgIpc) is 3.17. The second kappa shape index (κ2) is 5.71. The summed E-state index contributed by atoms with van der Waals surface area (Å²) in [6.45, 7) is 0.610. The number of carbonyl (C=O) groups excluding carboxylic acids is 1. The highest BCUT2D eigenvalue weighted by Gasteiger charge is 2.23. The van der Waals surface area contributed by atoms with Crippen molar-refractivity contribution in [2.24, 2.45) is 0 Å². The minimum Gasteiger partial charge on any atom is -0.452 e. The maximum atomic E-state index is 11.8. The summed E-state index contributed by atoms with van der Waals surface area (Å²) in [4.78, 5) is 11.8. The maximum absolute atomic E-state index is 11.8. The lowest BCUT2D eigenvalue weighted by atomic mass is 10.2. The van der Waals surface area contributed by atoms with Gasteiger partial charge in [-0.15, -0.1) is 0 Å². The van der Waals surface area contributed by atoms with E-state index in [0.717, 1.165) is 29.0 Å². The third-order valence-electron chi connectivity index (χ3n) is 3.16. The van der Waals surface area contributed by atoms with Gasteiger partial charge in [0.15, 0.2) is 4.67 Å². The van der Waals surface area contributed by atoms with Crippen molar-refractivity contribution in [3.63, 3.8) is 0 Å². The Hall–Kier alpha value is -1.75. The van der Waals surface area contributed by atoms with Gasteiger partial charge in [0.1, 0.15) is 5.76 Å². The summed E-state index contributed by atoms with van der Waals surface area (Å²) < 4.78 is 6.13. The molecule has 3 rings (SSSR count). The number of anilines is 1. The van der Waals surface area contributed by atoms with E-state index in [1.165, 1.54) is 0 Å². The lowest BCUT2D eigenvalue weighted by molar-refractivity contribution is 0.0951. The summed E-state index contributed by atoms with van der Waals surface area (Å²) >= 11 is 3.27. The van der Waals surface area contributed by atoms with Gasteiger partial charge in [-0.05, 0) is 65.2 Å². The van der Waals surface area contributed by atoms with E-state index in [9.17, 15) is 4.79 Å². The molecule has 104 valence electrons. The van der Waals surface area contributed by atoms with E-state index in [1.807, 2.05) is 36.4 Å². The van der Waals surface area contributed by atoms with Gasteiger partial charge in [0.2, 0.25) is 0 Å². The van der Waals surface area contributed by atoms with Crippen LogP contribution in [-0.2, 0) is 6.54 Å². The van der Waals surface area contributed by atoms with Crippen LogP contribution in [0.1, 0.15) is 29.0 Å². The van der Waals surface area contributed by atoms with Crippen molar-refractivity contribution in [2.45, 2.75) is 25.4 Å². The molecule has 0 unspecified atom stereocenters. The highest BCUT2D eigenvalue weighted by molar-refractivity contribution is 9.10. The van der Waals surface area contributed by atoms with Crippen LogP contribution in [-0.4, -0.2) is 11.9 Å². The minimum absolute atomic E-state index is 0.00835. The fourth-order valence-corrected chi connectivity index (χ4v) is 2.21. The molecular formula is C15H15BrN2O2. The summed E-state index contributed by atoms with van der Waals surface area (Å²) in [6, 6.07) is 11.6. The van der Waals surface area contributed by atoms with Crippen LogP contribution in [0.5, 0.6) is 0 Å². The minimum atomic E-state index is 0.00835. The normalized spacial score (nSPS) is 14.1. The summed E-state index contributed by atoms with van der Waals surface area (Å²) in [5, 5.41) is 6.22. The predicted octanol–water partition coefficient (Wildman–Crippen LogP) is 3.55. The van der Waals surface area contributed by atoms with Gasteiger partial charge in [-0.25, -0.2) is 0 Å². The van der Waals surface area contributed by atoms with Gasteiger partial charge in [0, 0.05) is 17.3 Å². The Bertz CT molecular complexity index is 603. The van der Waals surface area contributed by atoms with Crippen molar-refractivity contribution < 1.29 is 9.21 Å². The number of furan rings is 1. The molecule has 0 radical (unpaired) electrons.